The lowest BCUT2D eigenvalue weighted by atomic mass is 10.1. The highest BCUT2D eigenvalue weighted by atomic mass is 16.5. The van der Waals surface area contributed by atoms with E-state index in [0.29, 0.717) is 12.7 Å². The number of rotatable bonds is 3. The molecule has 3 heterocycles. The topological polar surface area (TPSA) is 57.9 Å². The summed E-state index contributed by atoms with van der Waals surface area (Å²) in [7, 11) is 1.71. The zero-order valence-corrected chi connectivity index (χ0v) is 16.3. The normalized spacial score (nSPS) is 19.2. The van der Waals surface area contributed by atoms with Crippen LogP contribution in [0.5, 0.6) is 5.75 Å². The summed E-state index contributed by atoms with van der Waals surface area (Å²) in [6.45, 7) is 5.82. The smallest absolute Gasteiger partial charge is 0.216 e. The van der Waals surface area contributed by atoms with Gasteiger partial charge < -0.3 is 10.1 Å². The van der Waals surface area contributed by atoms with Crippen LogP contribution in [0.25, 0.3) is 11.0 Å². The molecular formula is C21H24N6O. The third-order valence-electron chi connectivity index (χ3n) is 5.49. The van der Waals surface area contributed by atoms with Gasteiger partial charge in [0.25, 0.3) is 0 Å². The molecule has 28 heavy (non-hydrogen) atoms. The molecule has 0 spiro atoms. The van der Waals surface area contributed by atoms with Crippen molar-refractivity contribution in [2.45, 2.75) is 26.1 Å². The van der Waals surface area contributed by atoms with Crippen LogP contribution in [-0.4, -0.2) is 46.9 Å². The molecule has 5 rings (SSSR count). The number of hydrogen-bond donors (Lipinski definition) is 1. The largest absolute Gasteiger partial charge is 0.496 e. The average molecular weight is 376 g/mol. The van der Waals surface area contributed by atoms with Crippen molar-refractivity contribution < 1.29 is 4.74 Å². The number of aromatic nitrogens is 2. The van der Waals surface area contributed by atoms with Gasteiger partial charge in [0.05, 0.1) is 31.5 Å². The standard InChI is InChI=1S/C21H24N6O/c1-14(2)25-12-22-20-24-19(15-8-4-7-11-18(15)28-3)27-17-10-6-5-9-16(17)23-21(27)26(20)13-25/h4-11,14,19H,12-13H2,1-3H3,(H,22,24)/t19-/m0/s1. The van der Waals surface area contributed by atoms with Crippen LogP contribution in [0.2, 0.25) is 0 Å². The van der Waals surface area contributed by atoms with E-state index in [0.717, 1.165) is 40.9 Å². The molecule has 0 bridgehead atoms. The Morgan fingerprint density at radius 1 is 1.11 bits per heavy atom. The molecule has 0 fully saturated rings. The molecule has 7 heteroatoms. The van der Waals surface area contributed by atoms with Gasteiger partial charge in [0, 0.05) is 11.6 Å². The molecule has 3 aromatic rings. The van der Waals surface area contributed by atoms with Crippen LogP contribution >= 0.6 is 0 Å². The third-order valence-corrected chi connectivity index (χ3v) is 5.49. The van der Waals surface area contributed by atoms with E-state index in [2.05, 4.69) is 57.8 Å². The minimum absolute atomic E-state index is 0.140. The first-order valence-electron chi connectivity index (χ1n) is 9.60. The van der Waals surface area contributed by atoms with Gasteiger partial charge in [0.15, 0.2) is 0 Å². The Bertz CT molecular complexity index is 1060. The maximum Gasteiger partial charge on any atom is 0.216 e. The van der Waals surface area contributed by atoms with Gasteiger partial charge in [-0.15, -0.1) is 0 Å². The van der Waals surface area contributed by atoms with Crippen LogP contribution in [0.4, 0.5) is 5.95 Å². The van der Waals surface area contributed by atoms with E-state index in [9.17, 15) is 0 Å². The molecule has 2 aliphatic heterocycles. The highest BCUT2D eigenvalue weighted by Gasteiger charge is 2.37. The number of ether oxygens (including phenoxy) is 1. The van der Waals surface area contributed by atoms with E-state index in [1.165, 1.54) is 0 Å². The number of benzene rings is 2. The molecule has 0 saturated carbocycles. The summed E-state index contributed by atoms with van der Waals surface area (Å²) in [4.78, 5) is 14.3. The fourth-order valence-corrected chi connectivity index (χ4v) is 3.92. The summed E-state index contributed by atoms with van der Waals surface area (Å²) in [5, 5.41) is 3.63. The number of aliphatic imine (C=N–C) groups is 1. The lowest BCUT2D eigenvalue weighted by molar-refractivity contribution is 0.221. The van der Waals surface area contributed by atoms with Crippen molar-refractivity contribution in [2.24, 2.45) is 4.99 Å². The highest BCUT2D eigenvalue weighted by Crippen LogP contribution is 2.36. The number of nitrogens with zero attached hydrogens (tertiary/aromatic N) is 5. The molecule has 0 saturated heterocycles. The van der Waals surface area contributed by atoms with Crippen molar-refractivity contribution in [3.63, 3.8) is 0 Å². The van der Waals surface area contributed by atoms with E-state index in [4.69, 9.17) is 14.7 Å². The van der Waals surface area contributed by atoms with E-state index in [1.807, 2.05) is 24.3 Å². The minimum atomic E-state index is -0.140. The van der Waals surface area contributed by atoms with Crippen LogP contribution in [0, 0.1) is 0 Å². The first-order valence-corrected chi connectivity index (χ1v) is 9.60. The second kappa shape index (κ2) is 6.53. The summed E-state index contributed by atoms with van der Waals surface area (Å²) in [5.41, 5.74) is 3.12. The number of guanidine groups is 1. The molecule has 1 aromatic heterocycles. The van der Waals surface area contributed by atoms with Gasteiger partial charge in [-0.05, 0) is 32.0 Å². The van der Waals surface area contributed by atoms with Crippen LogP contribution in [-0.2, 0) is 0 Å². The second-order valence-electron chi connectivity index (χ2n) is 7.43. The van der Waals surface area contributed by atoms with Gasteiger partial charge in [-0.2, -0.15) is 0 Å². The van der Waals surface area contributed by atoms with Crippen molar-refractivity contribution in [1.82, 2.24) is 19.8 Å². The number of anilines is 1. The monoisotopic (exact) mass is 376 g/mol. The molecule has 0 amide bonds. The van der Waals surface area contributed by atoms with Crippen molar-refractivity contribution >= 4 is 22.9 Å². The van der Waals surface area contributed by atoms with E-state index in [1.54, 1.807) is 7.11 Å². The molecular weight excluding hydrogens is 352 g/mol. The summed E-state index contributed by atoms with van der Waals surface area (Å²) < 4.78 is 7.90. The van der Waals surface area contributed by atoms with Crippen molar-refractivity contribution in [3.05, 3.63) is 54.1 Å². The Morgan fingerprint density at radius 3 is 2.71 bits per heavy atom. The fraction of sp³-hybridized carbons (Fsp3) is 0.333. The number of methoxy groups -OCH3 is 1. The zero-order valence-electron chi connectivity index (χ0n) is 16.3. The predicted molar refractivity (Wildman–Crippen MR) is 111 cm³/mol. The molecule has 0 unspecified atom stereocenters. The Balaban J connectivity index is 1.71. The SMILES string of the molecule is COc1ccccc1[C@H]1NC2=NCN(C(C)C)CN2c2nc3ccccc3n21. The molecule has 7 nitrogen and oxygen atoms in total. The highest BCUT2D eigenvalue weighted by molar-refractivity contribution is 5.99. The van der Waals surface area contributed by atoms with Gasteiger partial charge in [-0.3, -0.25) is 14.4 Å². The van der Waals surface area contributed by atoms with E-state index >= 15 is 0 Å². The summed E-state index contributed by atoms with van der Waals surface area (Å²) in [5.74, 6) is 2.60. The van der Waals surface area contributed by atoms with Crippen molar-refractivity contribution in [1.29, 1.82) is 0 Å². The van der Waals surface area contributed by atoms with E-state index in [-0.39, 0.29) is 6.17 Å². The number of imidazole rings is 1. The van der Waals surface area contributed by atoms with Crippen molar-refractivity contribution in [3.8, 4) is 5.75 Å². The molecule has 2 aliphatic rings. The molecule has 1 N–H and O–H groups in total. The van der Waals surface area contributed by atoms with Crippen LogP contribution in [0.3, 0.4) is 0 Å². The molecule has 0 radical (unpaired) electrons. The van der Waals surface area contributed by atoms with Crippen LogP contribution < -0.4 is 15.0 Å². The van der Waals surface area contributed by atoms with Crippen molar-refractivity contribution in [2.75, 3.05) is 25.3 Å². The molecule has 0 aliphatic carbocycles. The predicted octanol–water partition coefficient (Wildman–Crippen LogP) is 3.00. The fourth-order valence-electron chi connectivity index (χ4n) is 3.92. The Labute approximate surface area is 164 Å². The Hall–Kier alpha value is -3.06. The average Bonchev–Trinajstić information content (AvgIpc) is 3.12. The Kier molecular flexibility index (Phi) is 3.98. The minimum Gasteiger partial charge on any atom is -0.496 e. The van der Waals surface area contributed by atoms with Gasteiger partial charge in [0.1, 0.15) is 11.9 Å². The molecule has 2 aromatic carbocycles. The number of nitrogens with one attached hydrogen (secondary N) is 1. The number of para-hydroxylation sites is 3. The van der Waals surface area contributed by atoms with Crippen LogP contribution in [0.1, 0.15) is 25.6 Å². The van der Waals surface area contributed by atoms with Gasteiger partial charge in [-0.1, -0.05) is 30.3 Å². The van der Waals surface area contributed by atoms with Gasteiger partial charge in [-0.25, -0.2) is 9.98 Å². The lowest BCUT2D eigenvalue weighted by Gasteiger charge is -2.42. The Morgan fingerprint density at radius 2 is 1.89 bits per heavy atom. The summed E-state index contributed by atoms with van der Waals surface area (Å²) in [6.07, 6.45) is -0.140. The number of hydrogen-bond acceptors (Lipinski definition) is 6. The lowest BCUT2D eigenvalue weighted by Crippen LogP contribution is -2.58. The number of fused-ring (bicyclic) bond motifs is 5. The first kappa shape index (κ1) is 17.1. The van der Waals surface area contributed by atoms with Gasteiger partial charge in [0.2, 0.25) is 11.9 Å². The van der Waals surface area contributed by atoms with Gasteiger partial charge >= 0.3 is 0 Å². The zero-order chi connectivity index (χ0) is 19.3. The molecule has 144 valence electrons. The summed E-state index contributed by atoms with van der Waals surface area (Å²) in [6, 6.07) is 16.8. The second-order valence-corrected chi connectivity index (χ2v) is 7.43. The van der Waals surface area contributed by atoms with E-state index < -0.39 is 0 Å². The quantitative estimate of drug-likeness (QED) is 0.762. The maximum absolute atomic E-state index is 5.65. The first-order chi connectivity index (χ1) is 13.7. The maximum atomic E-state index is 5.65. The van der Waals surface area contributed by atoms with Crippen LogP contribution in [0.15, 0.2) is 53.5 Å². The summed E-state index contributed by atoms with van der Waals surface area (Å²) >= 11 is 0. The molecule has 1 atom stereocenters. The third kappa shape index (κ3) is 2.54.